The fourth-order valence-electron chi connectivity index (χ4n) is 2.94. The van der Waals surface area contributed by atoms with E-state index < -0.39 is 0 Å². The van der Waals surface area contributed by atoms with E-state index in [1.165, 1.54) is 32.1 Å². The first-order chi connectivity index (χ1) is 11.8. The first-order valence-electron chi connectivity index (χ1n) is 9.71. The van der Waals surface area contributed by atoms with Gasteiger partial charge in [0, 0.05) is 38.7 Å². The molecule has 0 spiro atoms. The number of amides is 1. The van der Waals surface area contributed by atoms with Crippen LogP contribution >= 0.6 is 0 Å². The molecule has 0 radical (unpaired) electrons. The summed E-state index contributed by atoms with van der Waals surface area (Å²) in [4.78, 5) is 16.1. The molecule has 2 saturated carbocycles. The predicted molar refractivity (Wildman–Crippen MR) is 97.2 cm³/mol. The van der Waals surface area contributed by atoms with Gasteiger partial charge in [-0.15, -0.1) is 0 Å². The van der Waals surface area contributed by atoms with E-state index in [2.05, 4.69) is 27.9 Å². The van der Waals surface area contributed by atoms with Crippen LogP contribution in [0.25, 0.3) is 0 Å². The summed E-state index contributed by atoms with van der Waals surface area (Å²) in [6, 6.07) is 0. The van der Waals surface area contributed by atoms with Crippen molar-refractivity contribution in [2.75, 3.05) is 32.8 Å². The molecule has 0 aromatic carbocycles. The van der Waals surface area contributed by atoms with Gasteiger partial charge in [0.25, 0.3) is 0 Å². The van der Waals surface area contributed by atoms with Gasteiger partial charge in [-0.3, -0.25) is 9.79 Å². The molecule has 24 heavy (non-hydrogen) atoms. The third-order valence-corrected chi connectivity index (χ3v) is 4.49. The van der Waals surface area contributed by atoms with Crippen molar-refractivity contribution in [1.29, 1.82) is 0 Å². The second kappa shape index (κ2) is 11.3. The van der Waals surface area contributed by atoms with Crippen molar-refractivity contribution in [3.8, 4) is 0 Å². The lowest BCUT2D eigenvalue weighted by atomic mass is 9.98. The Hall–Kier alpha value is -1.30. The van der Waals surface area contributed by atoms with Gasteiger partial charge >= 0.3 is 0 Å². The molecule has 2 fully saturated rings. The van der Waals surface area contributed by atoms with Crippen LogP contribution in [0.3, 0.4) is 0 Å². The number of hydrogen-bond donors (Lipinski definition) is 3. The van der Waals surface area contributed by atoms with Gasteiger partial charge in [0.2, 0.25) is 5.91 Å². The predicted octanol–water partition coefficient (Wildman–Crippen LogP) is 1.81. The smallest absolute Gasteiger partial charge is 0.223 e. The number of rotatable bonds is 10. The van der Waals surface area contributed by atoms with Crippen LogP contribution in [0.2, 0.25) is 0 Å². The number of nitrogens with zero attached hydrogens (tertiary/aromatic N) is 1. The van der Waals surface area contributed by atoms with Crippen LogP contribution in [0.1, 0.15) is 58.3 Å². The average molecular weight is 338 g/mol. The molecule has 0 heterocycles. The van der Waals surface area contributed by atoms with Gasteiger partial charge in [-0.05, 0) is 39.0 Å². The number of carbonyl (C=O) groups excluding carboxylic acids is 1. The molecule has 0 bridgehead atoms. The second-order valence-corrected chi connectivity index (χ2v) is 6.74. The summed E-state index contributed by atoms with van der Waals surface area (Å²) >= 11 is 0. The first-order valence-corrected chi connectivity index (χ1v) is 9.71. The van der Waals surface area contributed by atoms with Crippen LogP contribution < -0.4 is 16.0 Å². The largest absolute Gasteiger partial charge is 0.378 e. The maximum absolute atomic E-state index is 11.6. The van der Waals surface area contributed by atoms with Crippen molar-refractivity contribution in [2.24, 2.45) is 10.9 Å². The highest BCUT2D eigenvalue weighted by atomic mass is 16.5. The summed E-state index contributed by atoms with van der Waals surface area (Å²) < 4.78 is 5.92. The molecule has 1 amide bonds. The summed E-state index contributed by atoms with van der Waals surface area (Å²) in [6.07, 6.45) is 9.96. The van der Waals surface area contributed by atoms with Gasteiger partial charge in [-0.1, -0.05) is 19.3 Å². The highest BCUT2D eigenvalue weighted by Crippen LogP contribution is 2.28. The topological polar surface area (TPSA) is 74.8 Å². The van der Waals surface area contributed by atoms with Crippen LogP contribution in [-0.2, 0) is 9.53 Å². The summed E-state index contributed by atoms with van der Waals surface area (Å²) in [5.74, 6) is 1.28. The van der Waals surface area contributed by atoms with Crippen molar-refractivity contribution < 1.29 is 9.53 Å². The zero-order chi connectivity index (χ0) is 17.0. The number of aliphatic imine (C=N–C) groups is 1. The normalized spacial score (nSPS) is 19.1. The second-order valence-electron chi connectivity index (χ2n) is 6.74. The molecule has 0 atom stereocenters. The summed E-state index contributed by atoms with van der Waals surface area (Å²) in [5, 5.41) is 9.44. The molecule has 0 aliphatic heterocycles. The van der Waals surface area contributed by atoms with E-state index >= 15 is 0 Å². The highest BCUT2D eigenvalue weighted by Gasteiger charge is 2.28. The van der Waals surface area contributed by atoms with E-state index in [1.807, 2.05) is 0 Å². The molecule has 0 saturated heterocycles. The van der Waals surface area contributed by atoms with Crippen LogP contribution in [-0.4, -0.2) is 50.8 Å². The lowest BCUT2D eigenvalue weighted by molar-refractivity contribution is -0.122. The molecule has 3 N–H and O–H groups in total. The third kappa shape index (κ3) is 7.99. The van der Waals surface area contributed by atoms with Crippen LogP contribution in [0.15, 0.2) is 4.99 Å². The Labute approximate surface area is 146 Å². The molecule has 6 heteroatoms. The van der Waals surface area contributed by atoms with Crippen LogP contribution in [0.5, 0.6) is 0 Å². The number of nitrogens with one attached hydrogen (secondary N) is 3. The molecule has 2 aliphatic carbocycles. The number of hydrogen-bond acceptors (Lipinski definition) is 3. The third-order valence-electron chi connectivity index (χ3n) is 4.49. The van der Waals surface area contributed by atoms with E-state index in [4.69, 9.17) is 4.74 Å². The van der Waals surface area contributed by atoms with E-state index in [1.54, 1.807) is 0 Å². The Balaban J connectivity index is 1.52. The molecule has 0 unspecified atom stereocenters. The average Bonchev–Trinajstić information content (AvgIpc) is 3.44. The Bertz CT molecular complexity index is 390. The Morgan fingerprint density at radius 1 is 1.04 bits per heavy atom. The lowest BCUT2D eigenvalue weighted by Gasteiger charge is -2.21. The Morgan fingerprint density at radius 2 is 1.79 bits per heavy atom. The van der Waals surface area contributed by atoms with E-state index in [0.29, 0.717) is 19.2 Å². The summed E-state index contributed by atoms with van der Waals surface area (Å²) in [6.45, 7) is 5.78. The molecule has 2 rings (SSSR count). The number of carbonyl (C=O) groups is 1. The van der Waals surface area contributed by atoms with Gasteiger partial charge in [-0.25, -0.2) is 0 Å². The highest BCUT2D eigenvalue weighted by molar-refractivity contribution is 5.81. The maximum atomic E-state index is 11.6. The minimum atomic E-state index is 0.193. The maximum Gasteiger partial charge on any atom is 0.223 e. The number of ether oxygens (including phenoxy) is 1. The molecular weight excluding hydrogens is 304 g/mol. The van der Waals surface area contributed by atoms with Crippen molar-refractivity contribution in [2.45, 2.75) is 64.4 Å². The van der Waals surface area contributed by atoms with Gasteiger partial charge in [0.05, 0.1) is 6.10 Å². The zero-order valence-corrected chi connectivity index (χ0v) is 15.1. The van der Waals surface area contributed by atoms with Gasteiger partial charge in [-0.2, -0.15) is 0 Å². The molecule has 138 valence electrons. The monoisotopic (exact) mass is 338 g/mol. The zero-order valence-electron chi connectivity index (χ0n) is 15.1. The summed E-state index contributed by atoms with van der Waals surface area (Å²) in [7, 11) is 0. The quantitative estimate of drug-likeness (QED) is 0.323. The molecule has 0 aromatic rings. The lowest BCUT2D eigenvalue weighted by Crippen LogP contribution is -2.41. The van der Waals surface area contributed by atoms with Gasteiger partial charge < -0.3 is 20.7 Å². The van der Waals surface area contributed by atoms with Crippen molar-refractivity contribution in [1.82, 2.24) is 16.0 Å². The minimum absolute atomic E-state index is 0.193. The van der Waals surface area contributed by atoms with Crippen LogP contribution in [0, 0.1) is 5.92 Å². The molecule has 0 aromatic heterocycles. The Kier molecular flexibility index (Phi) is 8.95. The molecule has 6 nitrogen and oxygen atoms in total. The van der Waals surface area contributed by atoms with E-state index in [9.17, 15) is 4.79 Å². The minimum Gasteiger partial charge on any atom is -0.378 e. The number of guanidine groups is 1. The van der Waals surface area contributed by atoms with E-state index in [-0.39, 0.29) is 11.8 Å². The van der Waals surface area contributed by atoms with Crippen LogP contribution in [0.4, 0.5) is 0 Å². The SMILES string of the molecule is CCNC(=NCCCOC1CCCCC1)NCCNC(=O)C1CC1. The van der Waals surface area contributed by atoms with Gasteiger partial charge in [0.15, 0.2) is 5.96 Å². The van der Waals surface area contributed by atoms with Gasteiger partial charge in [0.1, 0.15) is 0 Å². The standard InChI is InChI=1S/C18H34N4O2/c1-2-19-18(22-13-12-20-17(23)15-9-10-15)21-11-6-14-24-16-7-4-3-5-8-16/h15-16H,2-14H2,1H3,(H,20,23)(H2,19,21,22). The van der Waals surface area contributed by atoms with Crippen molar-refractivity contribution in [3.63, 3.8) is 0 Å². The van der Waals surface area contributed by atoms with Crippen molar-refractivity contribution >= 4 is 11.9 Å². The molecule has 2 aliphatic rings. The molecular formula is C18H34N4O2. The fraction of sp³-hybridized carbons (Fsp3) is 0.889. The summed E-state index contributed by atoms with van der Waals surface area (Å²) in [5.41, 5.74) is 0. The first kappa shape index (κ1) is 19.0. The van der Waals surface area contributed by atoms with E-state index in [0.717, 1.165) is 44.9 Å². The van der Waals surface area contributed by atoms with Crippen molar-refractivity contribution in [3.05, 3.63) is 0 Å². The Morgan fingerprint density at radius 3 is 2.50 bits per heavy atom. The fourth-order valence-corrected chi connectivity index (χ4v) is 2.94.